The number of amides is 1. The third-order valence-corrected chi connectivity index (χ3v) is 6.01. The predicted molar refractivity (Wildman–Crippen MR) is 124 cm³/mol. The van der Waals surface area contributed by atoms with Crippen LogP contribution in [0.2, 0.25) is 0 Å². The van der Waals surface area contributed by atoms with Crippen LogP contribution in [0, 0.1) is 10.1 Å². The van der Waals surface area contributed by atoms with Crippen molar-refractivity contribution in [3.63, 3.8) is 0 Å². The number of ether oxygens (including phenoxy) is 2. The van der Waals surface area contributed by atoms with Crippen LogP contribution in [0.25, 0.3) is 6.08 Å². The van der Waals surface area contributed by atoms with E-state index in [1.165, 1.54) is 34.9 Å². The van der Waals surface area contributed by atoms with Gasteiger partial charge in [-0.25, -0.2) is 0 Å². The number of halogens is 1. The summed E-state index contributed by atoms with van der Waals surface area (Å²) in [7, 11) is 0. The largest absolute Gasteiger partial charge is 0.490 e. The van der Waals surface area contributed by atoms with E-state index in [2.05, 4.69) is 15.9 Å². The van der Waals surface area contributed by atoms with E-state index in [1.807, 2.05) is 31.2 Å². The van der Waals surface area contributed by atoms with Gasteiger partial charge in [-0.15, -0.1) is 0 Å². The Balaban J connectivity index is 1.75. The van der Waals surface area contributed by atoms with E-state index in [1.54, 1.807) is 6.08 Å². The molecule has 1 saturated heterocycles. The molecule has 0 radical (unpaired) electrons. The normalized spacial score (nSPS) is 15.0. The minimum Gasteiger partial charge on any atom is -0.490 e. The number of thiocarbonyl (C=S) groups is 1. The Morgan fingerprint density at radius 3 is 2.53 bits per heavy atom. The number of benzene rings is 2. The lowest BCUT2D eigenvalue weighted by molar-refractivity contribution is -0.384. The molecule has 1 fully saturated rings. The van der Waals surface area contributed by atoms with Crippen LogP contribution in [0.4, 0.5) is 5.69 Å². The molecule has 0 N–H and O–H groups in total. The zero-order valence-corrected chi connectivity index (χ0v) is 19.1. The maximum Gasteiger partial charge on any atom is 0.270 e. The second-order valence-electron chi connectivity index (χ2n) is 6.06. The summed E-state index contributed by atoms with van der Waals surface area (Å²) in [6.45, 7) is 2.81. The van der Waals surface area contributed by atoms with Crippen LogP contribution in [0.5, 0.6) is 11.5 Å². The number of rotatable bonds is 8. The Morgan fingerprint density at radius 1 is 1.20 bits per heavy atom. The first kappa shape index (κ1) is 22.3. The molecule has 3 rings (SSSR count). The average Bonchev–Trinajstić information content (AvgIpc) is 2.99. The van der Waals surface area contributed by atoms with Crippen LogP contribution in [-0.2, 0) is 4.79 Å². The molecule has 0 atom stereocenters. The molecule has 0 bridgehead atoms. The molecule has 1 amide bonds. The maximum absolute atomic E-state index is 12.5. The van der Waals surface area contributed by atoms with Crippen LogP contribution >= 0.6 is 39.9 Å². The fourth-order valence-corrected chi connectivity index (χ4v) is 4.29. The van der Waals surface area contributed by atoms with Crippen molar-refractivity contribution in [1.29, 1.82) is 0 Å². The van der Waals surface area contributed by atoms with Crippen molar-refractivity contribution in [1.82, 2.24) is 4.90 Å². The molecule has 0 saturated carbocycles. The lowest BCUT2D eigenvalue weighted by Gasteiger charge is -2.11. The Morgan fingerprint density at radius 2 is 1.90 bits per heavy atom. The maximum atomic E-state index is 12.5. The van der Waals surface area contributed by atoms with Crippen molar-refractivity contribution >= 4 is 61.9 Å². The smallest absolute Gasteiger partial charge is 0.270 e. The third kappa shape index (κ3) is 5.38. The number of hydrogen-bond acceptors (Lipinski definition) is 7. The SMILES string of the molecule is CCN1C(=O)C(=Cc2cc([N+](=O)[O-])ccc2OCCOc2ccc(Br)cc2)SC1=S. The highest BCUT2D eigenvalue weighted by atomic mass is 79.9. The molecular weight excluding hydrogens is 492 g/mol. The Hall–Kier alpha value is -2.43. The van der Waals surface area contributed by atoms with Gasteiger partial charge in [0.05, 0.1) is 9.83 Å². The number of non-ortho nitro benzene ring substituents is 1. The summed E-state index contributed by atoms with van der Waals surface area (Å²) in [6, 6.07) is 11.7. The summed E-state index contributed by atoms with van der Waals surface area (Å²) in [5.74, 6) is 0.902. The molecule has 0 aliphatic carbocycles. The number of carbonyl (C=O) groups is 1. The van der Waals surface area contributed by atoms with Gasteiger partial charge in [-0.05, 0) is 43.3 Å². The molecule has 0 unspecified atom stereocenters. The van der Waals surface area contributed by atoms with Crippen molar-refractivity contribution < 1.29 is 19.2 Å². The highest BCUT2D eigenvalue weighted by Gasteiger charge is 2.31. The Kier molecular flexibility index (Phi) is 7.46. The van der Waals surface area contributed by atoms with Crippen LogP contribution in [0.15, 0.2) is 51.8 Å². The highest BCUT2D eigenvalue weighted by Crippen LogP contribution is 2.35. The van der Waals surface area contributed by atoms with Crippen LogP contribution in [0.3, 0.4) is 0 Å². The molecule has 7 nitrogen and oxygen atoms in total. The number of likely N-dealkylation sites (N-methyl/N-ethyl adjacent to an activating group) is 1. The minimum atomic E-state index is -0.491. The second-order valence-corrected chi connectivity index (χ2v) is 8.65. The first-order valence-corrected chi connectivity index (χ1v) is 11.0. The molecule has 0 aromatic heterocycles. The fourth-order valence-electron chi connectivity index (χ4n) is 2.65. The molecule has 156 valence electrons. The van der Waals surface area contributed by atoms with Gasteiger partial charge in [0.2, 0.25) is 0 Å². The molecule has 30 heavy (non-hydrogen) atoms. The first-order valence-electron chi connectivity index (χ1n) is 8.94. The highest BCUT2D eigenvalue weighted by molar-refractivity contribution is 9.10. The van der Waals surface area contributed by atoms with E-state index in [0.717, 1.165) is 4.47 Å². The van der Waals surface area contributed by atoms with Crippen molar-refractivity contribution in [3.05, 3.63) is 67.5 Å². The van der Waals surface area contributed by atoms with E-state index in [4.69, 9.17) is 21.7 Å². The minimum absolute atomic E-state index is 0.0920. The summed E-state index contributed by atoms with van der Waals surface area (Å²) < 4.78 is 12.8. The topological polar surface area (TPSA) is 81.9 Å². The molecule has 1 aliphatic heterocycles. The lowest BCUT2D eigenvalue weighted by atomic mass is 10.1. The Bertz CT molecular complexity index is 1010. The summed E-state index contributed by atoms with van der Waals surface area (Å²) >= 11 is 9.75. The molecule has 0 spiro atoms. The number of nitro groups is 1. The summed E-state index contributed by atoms with van der Waals surface area (Å²) in [6.07, 6.45) is 1.58. The number of carbonyl (C=O) groups excluding carboxylic acids is 1. The monoisotopic (exact) mass is 508 g/mol. The molecule has 10 heteroatoms. The van der Waals surface area contributed by atoms with Crippen LogP contribution in [-0.4, -0.2) is 39.8 Å². The zero-order valence-electron chi connectivity index (χ0n) is 15.9. The fraction of sp³-hybridized carbons (Fsp3) is 0.200. The summed E-state index contributed by atoms with van der Waals surface area (Å²) in [5, 5.41) is 11.2. The second kappa shape index (κ2) is 10.1. The van der Waals surface area contributed by atoms with Gasteiger partial charge in [0.1, 0.15) is 29.0 Å². The van der Waals surface area contributed by atoms with Crippen LogP contribution < -0.4 is 9.47 Å². The van der Waals surface area contributed by atoms with Crippen LogP contribution in [0.1, 0.15) is 12.5 Å². The summed E-state index contributed by atoms with van der Waals surface area (Å²) in [5.41, 5.74) is 0.343. The zero-order chi connectivity index (χ0) is 21.7. The van der Waals surface area contributed by atoms with Crippen molar-refractivity contribution in [3.8, 4) is 11.5 Å². The van der Waals surface area contributed by atoms with Gasteiger partial charge in [-0.2, -0.15) is 0 Å². The molecule has 2 aromatic rings. The number of nitro benzene ring substituents is 1. The van der Waals surface area contributed by atoms with E-state index in [0.29, 0.717) is 32.8 Å². The molecule has 1 heterocycles. The standard InChI is InChI=1S/C20H17BrN2O5S2/c1-2-22-19(24)18(30-20(22)29)12-13-11-15(23(25)26)5-8-17(13)28-10-9-27-16-6-3-14(21)4-7-16/h3-8,11-12H,2,9-10H2,1H3. The summed E-state index contributed by atoms with van der Waals surface area (Å²) in [4.78, 5) is 25.0. The molecular formula is C20H17BrN2O5S2. The van der Waals surface area contributed by atoms with Gasteiger partial charge in [0.25, 0.3) is 11.6 Å². The van der Waals surface area contributed by atoms with Gasteiger partial charge in [0, 0.05) is 28.7 Å². The average molecular weight is 509 g/mol. The van der Waals surface area contributed by atoms with E-state index in [-0.39, 0.29) is 24.8 Å². The number of thioether (sulfide) groups is 1. The molecule has 2 aromatic carbocycles. The van der Waals surface area contributed by atoms with E-state index >= 15 is 0 Å². The quantitative estimate of drug-likeness (QED) is 0.162. The third-order valence-electron chi connectivity index (χ3n) is 4.10. The number of hydrogen-bond donors (Lipinski definition) is 0. The van der Waals surface area contributed by atoms with Crippen molar-refractivity contribution in [2.45, 2.75) is 6.92 Å². The van der Waals surface area contributed by atoms with Gasteiger partial charge in [-0.1, -0.05) is 39.9 Å². The van der Waals surface area contributed by atoms with Gasteiger partial charge in [0.15, 0.2) is 0 Å². The van der Waals surface area contributed by atoms with Crippen molar-refractivity contribution in [2.75, 3.05) is 19.8 Å². The lowest BCUT2D eigenvalue weighted by Crippen LogP contribution is -2.27. The van der Waals surface area contributed by atoms with Gasteiger partial charge in [-0.3, -0.25) is 19.8 Å². The van der Waals surface area contributed by atoms with Gasteiger partial charge < -0.3 is 9.47 Å². The number of nitrogens with zero attached hydrogens (tertiary/aromatic N) is 2. The predicted octanol–water partition coefficient (Wildman–Crippen LogP) is 5.04. The van der Waals surface area contributed by atoms with Gasteiger partial charge >= 0.3 is 0 Å². The van der Waals surface area contributed by atoms with E-state index in [9.17, 15) is 14.9 Å². The van der Waals surface area contributed by atoms with Crippen molar-refractivity contribution in [2.24, 2.45) is 0 Å². The Labute approximate surface area is 191 Å². The molecule has 1 aliphatic rings. The first-order chi connectivity index (χ1) is 14.4. The van der Waals surface area contributed by atoms with E-state index < -0.39 is 4.92 Å².